The van der Waals surface area contributed by atoms with Crippen molar-refractivity contribution >= 4 is 29.3 Å². The predicted octanol–water partition coefficient (Wildman–Crippen LogP) is 6.30. The number of hydrogen-bond acceptors (Lipinski definition) is 5. The molecule has 0 saturated carbocycles. The van der Waals surface area contributed by atoms with Gasteiger partial charge in [-0.1, -0.05) is 35.9 Å². The van der Waals surface area contributed by atoms with Crippen LogP contribution in [-0.2, 0) is 4.74 Å². The van der Waals surface area contributed by atoms with Crippen molar-refractivity contribution in [2.24, 2.45) is 0 Å². The highest BCUT2D eigenvalue weighted by Gasteiger charge is 2.35. The minimum atomic E-state index is -0.545. The van der Waals surface area contributed by atoms with Gasteiger partial charge in [0.1, 0.15) is 5.60 Å². The second-order valence-corrected chi connectivity index (χ2v) is 12.6. The first-order chi connectivity index (χ1) is 19.5. The highest BCUT2D eigenvalue weighted by molar-refractivity contribution is 6.32. The number of rotatable bonds is 4. The number of anilines is 1. The van der Waals surface area contributed by atoms with Crippen LogP contribution in [0.4, 0.5) is 10.5 Å². The van der Waals surface area contributed by atoms with E-state index in [2.05, 4.69) is 43.0 Å². The van der Waals surface area contributed by atoms with Gasteiger partial charge in [0.15, 0.2) is 0 Å². The second kappa shape index (κ2) is 11.8. The number of ether oxygens (including phenoxy) is 1. The van der Waals surface area contributed by atoms with E-state index in [0.717, 1.165) is 17.9 Å². The molecular formula is C32H40ClN5O3. The van der Waals surface area contributed by atoms with E-state index in [-0.39, 0.29) is 24.0 Å². The van der Waals surface area contributed by atoms with Crippen molar-refractivity contribution in [1.29, 1.82) is 0 Å². The van der Waals surface area contributed by atoms with Gasteiger partial charge >= 0.3 is 6.09 Å². The molecule has 0 bridgehead atoms. The fourth-order valence-corrected chi connectivity index (χ4v) is 6.11. The lowest BCUT2D eigenvalue weighted by molar-refractivity contribution is 0.0203. The summed E-state index contributed by atoms with van der Waals surface area (Å²) in [5, 5.41) is 5.27. The minimum Gasteiger partial charge on any atom is -0.444 e. The Morgan fingerprint density at radius 1 is 0.976 bits per heavy atom. The normalized spacial score (nSPS) is 18.5. The lowest BCUT2D eigenvalue weighted by atomic mass is 9.90. The molecule has 2 aliphatic rings. The van der Waals surface area contributed by atoms with E-state index >= 15 is 0 Å². The lowest BCUT2D eigenvalue weighted by Gasteiger charge is -2.41. The summed E-state index contributed by atoms with van der Waals surface area (Å²) in [7, 11) is 0. The van der Waals surface area contributed by atoms with E-state index in [0.29, 0.717) is 49.6 Å². The van der Waals surface area contributed by atoms with Gasteiger partial charge in [-0.3, -0.25) is 4.79 Å². The lowest BCUT2D eigenvalue weighted by Crippen LogP contribution is -2.54. The van der Waals surface area contributed by atoms with Crippen LogP contribution in [0.1, 0.15) is 68.1 Å². The number of aromatic nitrogens is 2. The zero-order valence-corrected chi connectivity index (χ0v) is 25.4. The molecule has 0 spiro atoms. The molecule has 8 nitrogen and oxygen atoms in total. The van der Waals surface area contributed by atoms with Crippen LogP contribution < -0.4 is 4.90 Å². The minimum absolute atomic E-state index is 0.0105. The number of piperidine rings is 1. The fourth-order valence-electron chi connectivity index (χ4n) is 5.90. The summed E-state index contributed by atoms with van der Waals surface area (Å²) in [6, 6.07) is 16.3. The Morgan fingerprint density at radius 3 is 2.37 bits per heavy atom. The molecule has 1 aromatic heterocycles. The van der Waals surface area contributed by atoms with Crippen LogP contribution in [0, 0.1) is 6.92 Å². The number of carbonyl (C=O) groups excluding carboxylic acids is 2. The SMILES string of the molecule is Cc1cccc(N2CCN(C(=O)c3cnn(-c4ccccc4Cl)c3C3CCN(C(=O)OC(C)(C)C)CC3)CC2C)c1. The third kappa shape index (κ3) is 6.38. The molecule has 3 aromatic rings. The molecule has 2 amide bonds. The average Bonchev–Trinajstić information content (AvgIpc) is 3.37. The molecule has 0 N–H and O–H groups in total. The molecule has 0 aliphatic carbocycles. The van der Waals surface area contributed by atoms with Crippen LogP contribution in [0.25, 0.3) is 5.69 Å². The first-order valence-electron chi connectivity index (χ1n) is 14.4. The van der Waals surface area contributed by atoms with E-state index in [9.17, 15) is 9.59 Å². The van der Waals surface area contributed by atoms with E-state index in [1.54, 1.807) is 11.1 Å². The third-order valence-corrected chi connectivity index (χ3v) is 8.22. The van der Waals surface area contributed by atoms with Crippen molar-refractivity contribution < 1.29 is 14.3 Å². The van der Waals surface area contributed by atoms with E-state index in [4.69, 9.17) is 21.4 Å². The average molecular weight is 578 g/mol. The number of halogens is 1. The Morgan fingerprint density at radius 2 is 1.71 bits per heavy atom. The van der Waals surface area contributed by atoms with Gasteiger partial charge < -0.3 is 19.4 Å². The van der Waals surface area contributed by atoms with Crippen LogP contribution in [0.3, 0.4) is 0 Å². The largest absolute Gasteiger partial charge is 0.444 e. The number of benzene rings is 2. The van der Waals surface area contributed by atoms with Gasteiger partial charge in [0.25, 0.3) is 5.91 Å². The van der Waals surface area contributed by atoms with Crippen LogP contribution in [0.15, 0.2) is 54.7 Å². The Kier molecular flexibility index (Phi) is 8.32. The quantitative estimate of drug-likeness (QED) is 0.364. The summed E-state index contributed by atoms with van der Waals surface area (Å²) in [5.74, 6) is 0.0287. The monoisotopic (exact) mass is 577 g/mol. The van der Waals surface area contributed by atoms with Gasteiger partial charge in [0.05, 0.1) is 28.2 Å². The number of nitrogens with zero attached hydrogens (tertiary/aromatic N) is 5. The number of carbonyl (C=O) groups is 2. The standard InChI is InChI=1S/C32H40ClN5O3/c1-22-9-8-10-25(19-22)37-18-17-36(21-23(37)2)30(39)26-20-34-38(28-12-7-6-11-27(28)33)29(26)24-13-15-35(16-14-24)31(40)41-32(3,4)5/h6-12,19-20,23-24H,13-18,21H2,1-5H3. The van der Waals surface area contributed by atoms with Crippen molar-refractivity contribution in [2.75, 3.05) is 37.6 Å². The zero-order valence-electron chi connectivity index (χ0n) is 24.6. The number of hydrogen-bond donors (Lipinski definition) is 0. The molecule has 2 aromatic carbocycles. The fraction of sp³-hybridized carbons (Fsp3) is 0.469. The van der Waals surface area contributed by atoms with Gasteiger partial charge in [0.2, 0.25) is 0 Å². The van der Waals surface area contributed by atoms with Crippen LogP contribution in [0.5, 0.6) is 0 Å². The topological polar surface area (TPSA) is 70.9 Å². The summed E-state index contributed by atoms with van der Waals surface area (Å²) in [6.07, 6.45) is 2.80. The Bertz CT molecular complexity index is 1410. The maximum absolute atomic E-state index is 14.1. The number of likely N-dealkylation sites (tertiary alicyclic amines) is 1. The van der Waals surface area contributed by atoms with Crippen LogP contribution in [-0.4, -0.2) is 75.9 Å². The Labute approximate surface area is 247 Å². The second-order valence-electron chi connectivity index (χ2n) is 12.2. The summed E-state index contributed by atoms with van der Waals surface area (Å²) >= 11 is 6.61. The van der Waals surface area contributed by atoms with Crippen molar-refractivity contribution in [3.63, 3.8) is 0 Å². The molecule has 9 heteroatoms. The zero-order chi connectivity index (χ0) is 29.3. The first kappa shape index (κ1) is 29.0. The first-order valence-corrected chi connectivity index (χ1v) is 14.8. The highest BCUT2D eigenvalue weighted by atomic mass is 35.5. The molecule has 3 heterocycles. The number of aryl methyl sites for hydroxylation is 1. The number of piperazine rings is 1. The van der Waals surface area contributed by atoms with E-state index < -0.39 is 5.60 Å². The molecular weight excluding hydrogens is 538 g/mol. The van der Waals surface area contributed by atoms with Crippen LogP contribution >= 0.6 is 11.6 Å². The number of para-hydroxylation sites is 1. The van der Waals surface area contributed by atoms with E-state index in [1.807, 2.05) is 54.6 Å². The molecule has 5 rings (SSSR count). The molecule has 41 heavy (non-hydrogen) atoms. The molecule has 0 radical (unpaired) electrons. The highest BCUT2D eigenvalue weighted by Crippen LogP contribution is 2.35. The summed E-state index contributed by atoms with van der Waals surface area (Å²) in [6.45, 7) is 13.0. The Balaban J connectivity index is 1.39. The van der Waals surface area contributed by atoms with Gasteiger partial charge in [-0.15, -0.1) is 0 Å². The Hall–Kier alpha value is -3.52. The number of amides is 2. The van der Waals surface area contributed by atoms with Crippen molar-refractivity contribution in [2.45, 2.75) is 65.0 Å². The molecule has 2 saturated heterocycles. The molecule has 1 atom stereocenters. The van der Waals surface area contributed by atoms with Gasteiger partial charge in [0, 0.05) is 50.4 Å². The molecule has 218 valence electrons. The summed E-state index contributed by atoms with van der Waals surface area (Å²) in [4.78, 5) is 32.9. The third-order valence-electron chi connectivity index (χ3n) is 7.90. The van der Waals surface area contributed by atoms with Crippen molar-refractivity contribution in [1.82, 2.24) is 19.6 Å². The van der Waals surface area contributed by atoms with Gasteiger partial charge in [-0.2, -0.15) is 5.10 Å². The van der Waals surface area contributed by atoms with Crippen LogP contribution in [0.2, 0.25) is 5.02 Å². The maximum atomic E-state index is 14.1. The van der Waals surface area contributed by atoms with E-state index in [1.165, 1.54) is 11.3 Å². The molecule has 1 unspecified atom stereocenters. The van der Waals surface area contributed by atoms with Crippen molar-refractivity contribution in [3.05, 3.63) is 76.6 Å². The van der Waals surface area contributed by atoms with Gasteiger partial charge in [-0.25, -0.2) is 9.48 Å². The smallest absolute Gasteiger partial charge is 0.410 e. The summed E-state index contributed by atoms with van der Waals surface area (Å²) < 4.78 is 7.43. The molecule has 2 fully saturated rings. The summed E-state index contributed by atoms with van der Waals surface area (Å²) in [5.41, 5.74) is 4.08. The van der Waals surface area contributed by atoms with Gasteiger partial charge in [-0.05, 0) is 77.3 Å². The molecule has 2 aliphatic heterocycles. The predicted molar refractivity (Wildman–Crippen MR) is 162 cm³/mol. The van der Waals surface area contributed by atoms with Crippen molar-refractivity contribution in [3.8, 4) is 5.69 Å². The maximum Gasteiger partial charge on any atom is 0.410 e.